The number of aromatic nitrogens is 1. The van der Waals surface area contributed by atoms with Crippen LogP contribution in [-0.4, -0.2) is 22.5 Å². The van der Waals surface area contributed by atoms with Crippen LogP contribution in [0.5, 0.6) is 0 Å². The third kappa shape index (κ3) is 5.79. The number of thioether (sulfide) groups is 1. The summed E-state index contributed by atoms with van der Waals surface area (Å²) in [5.74, 6) is -0.347. The molecule has 0 aliphatic carbocycles. The number of carbonyl (C=O) groups is 1. The van der Waals surface area contributed by atoms with Crippen LogP contribution in [0, 0.1) is 11.3 Å². The van der Waals surface area contributed by atoms with E-state index in [0.29, 0.717) is 6.20 Å². The van der Waals surface area contributed by atoms with Gasteiger partial charge in [0.2, 0.25) is 0 Å². The molecule has 0 atom stereocenters. The van der Waals surface area contributed by atoms with Gasteiger partial charge in [0.25, 0.3) is 11.7 Å². The lowest BCUT2D eigenvalue weighted by Crippen LogP contribution is -2.86. The van der Waals surface area contributed by atoms with Crippen molar-refractivity contribution in [2.75, 3.05) is 5.75 Å². The number of rotatable bonds is 5. The molecule has 0 fully saturated rings. The number of hydrogen-bond donors (Lipinski definition) is 3. The van der Waals surface area contributed by atoms with Crippen LogP contribution < -0.4 is 16.3 Å². The summed E-state index contributed by atoms with van der Waals surface area (Å²) in [5, 5.41) is 10.7. The van der Waals surface area contributed by atoms with Crippen molar-refractivity contribution in [3.05, 3.63) is 22.8 Å². The average molecular weight is 353 g/mol. The number of nitrogens with two attached hydrogens (primary N) is 1. The minimum atomic E-state index is -4.52. The molecule has 1 heterocycles. The fourth-order valence-corrected chi connectivity index (χ4v) is 2.15. The first-order chi connectivity index (χ1) is 10.2. The van der Waals surface area contributed by atoms with Crippen molar-refractivity contribution in [2.45, 2.75) is 17.6 Å². The van der Waals surface area contributed by atoms with Crippen LogP contribution in [0.1, 0.15) is 12.0 Å². The molecule has 22 heavy (non-hydrogen) atoms. The van der Waals surface area contributed by atoms with Crippen LogP contribution >= 0.6 is 23.4 Å². The lowest BCUT2D eigenvalue weighted by molar-refractivity contribution is -0.512. The van der Waals surface area contributed by atoms with Crippen LogP contribution in [-0.2, 0) is 11.0 Å². The first-order valence-corrected chi connectivity index (χ1v) is 6.99. The van der Waals surface area contributed by atoms with Crippen molar-refractivity contribution < 1.29 is 23.1 Å². The number of halogens is 4. The van der Waals surface area contributed by atoms with E-state index < -0.39 is 17.6 Å². The Morgan fingerprint density at radius 1 is 1.59 bits per heavy atom. The van der Waals surface area contributed by atoms with Gasteiger partial charge in [-0.2, -0.15) is 29.0 Å². The number of nitrogens with zero attached hydrogens (tertiary/aromatic N) is 2. The third-order valence-electron chi connectivity index (χ3n) is 2.10. The quantitative estimate of drug-likeness (QED) is 0.304. The Bertz CT molecular complexity index is 629. The van der Waals surface area contributed by atoms with Gasteiger partial charge in [0.15, 0.2) is 0 Å². The average Bonchev–Trinajstić information content (AvgIpc) is 2.43. The Hall–Kier alpha value is -1.99. The summed E-state index contributed by atoms with van der Waals surface area (Å²) in [6.45, 7) is 0. The molecular weight excluding hydrogens is 343 g/mol. The molecule has 0 spiro atoms. The highest BCUT2D eigenvalue weighted by atomic mass is 35.5. The van der Waals surface area contributed by atoms with Crippen molar-refractivity contribution in [1.82, 2.24) is 10.4 Å². The number of hydrogen-bond acceptors (Lipinski definition) is 4. The molecule has 11 heteroatoms. The molecule has 1 amide bonds. The zero-order chi connectivity index (χ0) is 16.8. The Labute approximate surface area is 132 Å². The van der Waals surface area contributed by atoms with Crippen LogP contribution in [0.25, 0.3) is 0 Å². The van der Waals surface area contributed by atoms with E-state index in [9.17, 15) is 18.0 Å². The topological polar surface area (TPSA) is 106 Å². The second-order valence-electron chi connectivity index (χ2n) is 3.83. The molecule has 0 aromatic carbocycles. The van der Waals surface area contributed by atoms with Crippen molar-refractivity contribution in [3.8, 4) is 6.07 Å². The SMILES string of the molecule is N#CCC(=O)N[NH+]=C(N)CSc1ncc(C(F)(F)F)cc1Cl. The van der Waals surface area contributed by atoms with E-state index in [0.717, 1.165) is 17.8 Å². The number of hydrazone groups is 1. The Morgan fingerprint density at radius 3 is 2.82 bits per heavy atom. The summed E-state index contributed by atoms with van der Waals surface area (Å²) in [6, 6.07) is 2.42. The summed E-state index contributed by atoms with van der Waals surface area (Å²) in [4.78, 5) is 14.6. The highest BCUT2D eigenvalue weighted by molar-refractivity contribution is 8.00. The Morgan fingerprint density at radius 2 is 2.27 bits per heavy atom. The van der Waals surface area contributed by atoms with Gasteiger partial charge in [-0.05, 0) is 6.07 Å². The van der Waals surface area contributed by atoms with Crippen molar-refractivity contribution >= 4 is 35.1 Å². The Balaban J connectivity index is 2.63. The summed E-state index contributed by atoms with van der Waals surface area (Å²) < 4.78 is 37.3. The maximum absolute atomic E-state index is 12.4. The molecular formula is C11H10ClF3N5OS+. The van der Waals surface area contributed by atoms with Crippen molar-refractivity contribution in [3.63, 3.8) is 0 Å². The normalized spacial score (nSPS) is 11.9. The molecule has 4 N–H and O–H groups in total. The molecule has 118 valence electrons. The maximum atomic E-state index is 12.4. The van der Waals surface area contributed by atoms with Crippen LogP contribution in [0.4, 0.5) is 13.2 Å². The van der Waals surface area contributed by atoms with Crippen LogP contribution in [0.15, 0.2) is 17.3 Å². The first kappa shape index (κ1) is 18.1. The van der Waals surface area contributed by atoms with Crippen molar-refractivity contribution in [2.24, 2.45) is 5.73 Å². The Kier molecular flexibility index (Phi) is 6.45. The van der Waals surface area contributed by atoms with E-state index in [4.69, 9.17) is 22.6 Å². The third-order valence-corrected chi connectivity index (χ3v) is 3.56. The summed E-state index contributed by atoms with van der Waals surface area (Å²) >= 11 is 6.72. The van der Waals surface area contributed by atoms with Gasteiger partial charge in [0, 0.05) is 6.20 Å². The zero-order valence-corrected chi connectivity index (χ0v) is 12.4. The van der Waals surface area contributed by atoms with Crippen LogP contribution in [0.3, 0.4) is 0 Å². The highest BCUT2D eigenvalue weighted by Crippen LogP contribution is 2.33. The molecule has 0 unspecified atom stereocenters. The lowest BCUT2D eigenvalue weighted by atomic mass is 10.3. The second-order valence-corrected chi connectivity index (χ2v) is 5.20. The predicted octanol–water partition coefficient (Wildman–Crippen LogP) is 0.229. The molecule has 0 saturated carbocycles. The number of hydrazine groups is 1. The number of amides is 1. The van der Waals surface area contributed by atoms with Gasteiger partial charge < -0.3 is 0 Å². The molecule has 0 radical (unpaired) electrons. The highest BCUT2D eigenvalue weighted by Gasteiger charge is 2.31. The number of nitrogens with one attached hydrogen (secondary N) is 2. The van der Waals surface area contributed by atoms with E-state index >= 15 is 0 Å². The van der Waals surface area contributed by atoms with E-state index in [1.807, 2.05) is 0 Å². The predicted molar refractivity (Wildman–Crippen MR) is 73.5 cm³/mol. The van der Waals surface area contributed by atoms with Gasteiger partial charge in [-0.15, -0.1) is 0 Å². The van der Waals surface area contributed by atoms with Gasteiger partial charge >= 0.3 is 6.18 Å². The minimum absolute atomic E-state index is 0.102. The second kappa shape index (κ2) is 7.86. The van der Waals surface area contributed by atoms with E-state index in [-0.39, 0.29) is 28.1 Å². The van der Waals surface area contributed by atoms with Gasteiger partial charge in [-0.3, -0.25) is 10.5 Å². The zero-order valence-electron chi connectivity index (χ0n) is 10.9. The maximum Gasteiger partial charge on any atom is 0.417 e. The summed E-state index contributed by atoms with van der Waals surface area (Å²) in [5.41, 5.74) is 6.78. The summed E-state index contributed by atoms with van der Waals surface area (Å²) in [7, 11) is 0. The van der Waals surface area contributed by atoms with Gasteiger partial charge in [0.1, 0.15) is 17.2 Å². The lowest BCUT2D eigenvalue weighted by Gasteiger charge is -2.08. The van der Waals surface area contributed by atoms with Gasteiger partial charge in [-0.1, -0.05) is 23.4 Å². The number of nitriles is 1. The van der Waals surface area contributed by atoms with Crippen LogP contribution in [0.2, 0.25) is 5.02 Å². The smallest absolute Gasteiger partial charge is 0.289 e. The number of alkyl halides is 3. The van der Waals surface area contributed by atoms with E-state index in [1.165, 1.54) is 0 Å². The molecule has 0 bridgehead atoms. The first-order valence-electron chi connectivity index (χ1n) is 5.62. The molecule has 0 aliphatic heterocycles. The molecule has 1 aromatic rings. The molecule has 0 aliphatic rings. The number of carbonyl (C=O) groups excluding carboxylic acids is 1. The molecule has 1 rings (SSSR count). The molecule has 1 aromatic heterocycles. The molecule has 6 nitrogen and oxygen atoms in total. The fourth-order valence-electron chi connectivity index (χ4n) is 1.13. The number of amidine groups is 1. The fraction of sp³-hybridized carbons (Fsp3) is 0.273. The monoisotopic (exact) mass is 352 g/mol. The van der Waals surface area contributed by atoms with E-state index in [2.05, 4.69) is 15.5 Å². The van der Waals surface area contributed by atoms with Gasteiger partial charge in [0.05, 0.1) is 16.7 Å². The minimum Gasteiger partial charge on any atom is -0.289 e. The largest absolute Gasteiger partial charge is 0.417 e. The molecule has 0 saturated heterocycles. The summed E-state index contributed by atoms with van der Waals surface area (Å²) in [6.07, 6.45) is -4.18. The van der Waals surface area contributed by atoms with E-state index in [1.54, 1.807) is 6.07 Å². The van der Waals surface area contributed by atoms with Gasteiger partial charge in [-0.25, -0.2) is 4.98 Å². The standard InChI is InChI=1S/C11H9ClF3N5OS/c12-7-3-6(11(13,14)15)4-18-10(7)22-5-8(17)19-20-9(21)1-2-16/h3-4H,1,5H2,(H2,17,19)(H,20,21)/p+1. The number of pyridine rings is 1. The van der Waals surface area contributed by atoms with Crippen molar-refractivity contribution in [1.29, 1.82) is 5.26 Å².